The molecule has 68 valence electrons. The summed E-state index contributed by atoms with van der Waals surface area (Å²) in [4.78, 5) is 23.3. The lowest BCUT2D eigenvalue weighted by Crippen LogP contribution is -2.29. The van der Waals surface area contributed by atoms with Crippen LogP contribution in [0.1, 0.15) is 19.8 Å². The predicted molar refractivity (Wildman–Crippen MR) is 42.8 cm³/mol. The fourth-order valence-electron chi connectivity index (χ4n) is 1.07. The van der Waals surface area contributed by atoms with Gasteiger partial charge in [0.2, 0.25) is 0 Å². The molecular weight excluding hydrogens is 158 g/mol. The molecule has 4 nitrogen and oxygen atoms in total. The first-order valence-corrected chi connectivity index (χ1v) is 4.17. The van der Waals surface area contributed by atoms with Crippen molar-refractivity contribution in [2.75, 3.05) is 19.7 Å². The van der Waals surface area contributed by atoms with Gasteiger partial charge >= 0.3 is 6.09 Å². The Labute approximate surface area is 71.5 Å². The minimum absolute atomic E-state index is 0.114. The summed E-state index contributed by atoms with van der Waals surface area (Å²) < 4.78 is 4.86. The van der Waals surface area contributed by atoms with Crippen molar-refractivity contribution >= 4 is 11.9 Å². The van der Waals surface area contributed by atoms with Gasteiger partial charge in [-0.15, -0.1) is 0 Å². The standard InChI is InChI=1S/C8H13NO3/c1-2-5-12-8(11)9-4-3-7(10)6-9/h2-6H2,1H3. The molecule has 0 spiro atoms. The molecule has 12 heavy (non-hydrogen) atoms. The van der Waals surface area contributed by atoms with Gasteiger partial charge in [0.05, 0.1) is 13.2 Å². The number of Topliss-reactive ketones (excluding diaryl/α,β-unsaturated/α-hetero) is 1. The van der Waals surface area contributed by atoms with E-state index < -0.39 is 0 Å². The molecule has 0 atom stereocenters. The molecule has 0 aliphatic carbocycles. The van der Waals surface area contributed by atoms with Crippen LogP contribution in [0.3, 0.4) is 0 Å². The fraction of sp³-hybridized carbons (Fsp3) is 0.750. The third-order valence-corrected chi connectivity index (χ3v) is 1.72. The maximum atomic E-state index is 11.1. The number of ether oxygens (including phenoxy) is 1. The van der Waals surface area contributed by atoms with E-state index in [1.54, 1.807) is 0 Å². The van der Waals surface area contributed by atoms with Crippen LogP contribution in [-0.4, -0.2) is 36.5 Å². The van der Waals surface area contributed by atoms with E-state index in [4.69, 9.17) is 4.74 Å². The van der Waals surface area contributed by atoms with E-state index in [-0.39, 0.29) is 18.4 Å². The molecule has 0 aromatic carbocycles. The second-order valence-electron chi connectivity index (χ2n) is 2.82. The summed E-state index contributed by atoms with van der Waals surface area (Å²) in [7, 11) is 0. The van der Waals surface area contributed by atoms with Crippen molar-refractivity contribution < 1.29 is 14.3 Å². The molecule has 1 aliphatic heterocycles. The van der Waals surface area contributed by atoms with Crippen molar-refractivity contribution in [2.24, 2.45) is 0 Å². The molecule has 1 saturated heterocycles. The van der Waals surface area contributed by atoms with Gasteiger partial charge < -0.3 is 9.64 Å². The van der Waals surface area contributed by atoms with Gasteiger partial charge in [0.25, 0.3) is 0 Å². The smallest absolute Gasteiger partial charge is 0.410 e. The molecule has 1 rings (SSSR count). The third kappa shape index (κ3) is 2.22. The van der Waals surface area contributed by atoms with Crippen LogP contribution in [-0.2, 0) is 9.53 Å². The topological polar surface area (TPSA) is 46.6 Å². The van der Waals surface area contributed by atoms with Crippen LogP contribution in [0.15, 0.2) is 0 Å². The Morgan fingerprint density at radius 3 is 2.92 bits per heavy atom. The number of nitrogens with zero attached hydrogens (tertiary/aromatic N) is 1. The first-order valence-electron chi connectivity index (χ1n) is 4.17. The molecule has 0 aromatic heterocycles. The molecule has 1 amide bonds. The lowest BCUT2D eigenvalue weighted by Gasteiger charge is -2.13. The van der Waals surface area contributed by atoms with Crippen LogP contribution in [0, 0.1) is 0 Å². The Bertz CT molecular complexity index is 191. The largest absolute Gasteiger partial charge is 0.449 e. The summed E-state index contributed by atoms with van der Waals surface area (Å²) in [5.41, 5.74) is 0. The summed E-state index contributed by atoms with van der Waals surface area (Å²) in [6.45, 7) is 3.11. The molecule has 1 aliphatic rings. The summed E-state index contributed by atoms with van der Waals surface area (Å²) in [6.07, 6.45) is 0.928. The van der Waals surface area contributed by atoms with E-state index in [1.807, 2.05) is 6.92 Å². The Morgan fingerprint density at radius 1 is 1.67 bits per heavy atom. The monoisotopic (exact) mass is 171 g/mol. The van der Waals surface area contributed by atoms with Gasteiger partial charge in [-0.3, -0.25) is 4.79 Å². The van der Waals surface area contributed by atoms with Crippen LogP contribution in [0.5, 0.6) is 0 Å². The van der Waals surface area contributed by atoms with Gasteiger partial charge in [0.15, 0.2) is 5.78 Å². The molecule has 0 saturated carbocycles. The Balaban J connectivity index is 2.28. The fourth-order valence-corrected chi connectivity index (χ4v) is 1.07. The van der Waals surface area contributed by atoms with Crippen LogP contribution in [0.2, 0.25) is 0 Å². The molecule has 0 bridgehead atoms. The van der Waals surface area contributed by atoms with E-state index in [9.17, 15) is 9.59 Å². The predicted octanol–water partition coefficient (Wildman–Crippen LogP) is 0.808. The minimum Gasteiger partial charge on any atom is -0.449 e. The van der Waals surface area contributed by atoms with Crippen LogP contribution in [0.4, 0.5) is 4.79 Å². The highest BCUT2D eigenvalue weighted by Crippen LogP contribution is 2.05. The van der Waals surface area contributed by atoms with Crippen LogP contribution < -0.4 is 0 Å². The normalized spacial score (nSPS) is 16.8. The van der Waals surface area contributed by atoms with E-state index in [1.165, 1.54) is 4.90 Å². The average molecular weight is 171 g/mol. The first-order chi connectivity index (χ1) is 5.74. The zero-order chi connectivity index (χ0) is 8.97. The Morgan fingerprint density at radius 2 is 2.42 bits per heavy atom. The molecule has 0 unspecified atom stereocenters. The van der Waals surface area contributed by atoms with Gasteiger partial charge in [-0.2, -0.15) is 0 Å². The SMILES string of the molecule is CCCOC(=O)N1CCC(=O)C1. The molecule has 0 N–H and O–H groups in total. The lowest BCUT2D eigenvalue weighted by atomic mass is 10.4. The summed E-state index contributed by atoms with van der Waals surface area (Å²) in [5.74, 6) is 0.114. The van der Waals surface area contributed by atoms with Gasteiger partial charge in [0, 0.05) is 13.0 Å². The molecule has 0 aromatic rings. The third-order valence-electron chi connectivity index (χ3n) is 1.72. The van der Waals surface area contributed by atoms with Crippen molar-refractivity contribution in [1.82, 2.24) is 4.90 Å². The number of carbonyl (C=O) groups excluding carboxylic acids is 2. The Hall–Kier alpha value is -1.06. The highest BCUT2D eigenvalue weighted by Gasteiger charge is 2.24. The quantitative estimate of drug-likeness (QED) is 0.617. The van der Waals surface area contributed by atoms with Crippen molar-refractivity contribution in [3.05, 3.63) is 0 Å². The second kappa shape index (κ2) is 4.09. The zero-order valence-electron chi connectivity index (χ0n) is 7.21. The molecule has 4 heteroatoms. The molecular formula is C8H13NO3. The summed E-state index contributed by atoms with van der Waals surface area (Å²) >= 11 is 0. The number of carbonyl (C=O) groups is 2. The van der Waals surface area contributed by atoms with E-state index in [0.717, 1.165) is 6.42 Å². The maximum absolute atomic E-state index is 11.1. The molecule has 1 heterocycles. The molecule has 0 radical (unpaired) electrons. The zero-order valence-corrected chi connectivity index (χ0v) is 7.21. The summed E-state index contributed by atoms with van der Waals surface area (Å²) in [5, 5.41) is 0. The number of amides is 1. The second-order valence-corrected chi connectivity index (χ2v) is 2.82. The number of hydrogen-bond acceptors (Lipinski definition) is 3. The van der Waals surface area contributed by atoms with Gasteiger partial charge in [-0.25, -0.2) is 4.79 Å². The average Bonchev–Trinajstić information content (AvgIpc) is 2.47. The Kier molecular flexibility index (Phi) is 3.08. The number of hydrogen-bond donors (Lipinski definition) is 0. The number of ketones is 1. The van der Waals surface area contributed by atoms with Crippen molar-refractivity contribution in [3.8, 4) is 0 Å². The van der Waals surface area contributed by atoms with Gasteiger partial charge in [0.1, 0.15) is 0 Å². The highest BCUT2D eigenvalue weighted by molar-refractivity contribution is 5.87. The highest BCUT2D eigenvalue weighted by atomic mass is 16.6. The van der Waals surface area contributed by atoms with Crippen molar-refractivity contribution in [2.45, 2.75) is 19.8 Å². The number of likely N-dealkylation sites (tertiary alicyclic amines) is 1. The van der Waals surface area contributed by atoms with E-state index in [0.29, 0.717) is 19.6 Å². The van der Waals surface area contributed by atoms with Crippen LogP contribution in [0.25, 0.3) is 0 Å². The van der Waals surface area contributed by atoms with Gasteiger partial charge in [-0.05, 0) is 6.42 Å². The number of rotatable bonds is 2. The molecule has 1 fully saturated rings. The van der Waals surface area contributed by atoms with E-state index >= 15 is 0 Å². The van der Waals surface area contributed by atoms with Gasteiger partial charge in [-0.1, -0.05) is 6.92 Å². The lowest BCUT2D eigenvalue weighted by molar-refractivity contribution is -0.116. The summed E-state index contributed by atoms with van der Waals surface area (Å²) in [6, 6.07) is 0. The minimum atomic E-state index is -0.359. The van der Waals surface area contributed by atoms with Crippen molar-refractivity contribution in [1.29, 1.82) is 0 Å². The van der Waals surface area contributed by atoms with Crippen molar-refractivity contribution in [3.63, 3.8) is 0 Å². The first kappa shape index (κ1) is 9.03. The van der Waals surface area contributed by atoms with Crippen LogP contribution >= 0.6 is 0 Å². The van der Waals surface area contributed by atoms with E-state index in [2.05, 4.69) is 0 Å². The maximum Gasteiger partial charge on any atom is 0.410 e.